The van der Waals surface area contributed by atoms with Crippen LogP contribution in [0.15, 0.2) is 53.4 Å². The monoisotopic (exact) mass is 393 g/mol. The highest BCUT2D eigenvalue weighted by Crippen LogP contribution is 2.16. The third-order valence-electron chi connectivity index (χ3n) is 3.44. The van der Waals surface area contributed by atoms with Crippen molar-refractivity contribution in [2.75, 3.05) is 19.7 Å². The van der Waals surface area contributed by atoms with Crippen LogP contribution in [-0.2, 0) is 14.8 Å². The van der Waals surface area contributed by atoms with Gasteiger partial charge in [0.2, 0.25) is 10.0 Å². The lowest BCUT2D eigenvalue weighted by Gasteiger charge is -2.09. The Kier molecular flexibility index (Phi) is 6.85. The lowest BCUT2D eigenvalue weighted by atomic mass is 10.2. The minimum atomic E-state index is -3.91. The molecule has 2 N–H and O–H groups in total. The summed E-state index contributed by atoms with van der Waals surface area (Å²) in [7, 11) is -3.91. The van der Waals surface area contributed by atoms with Crippen LogP contribution in [0.5, 0.6) is 5.75 Å². The van der Waals surface area contributed by atoms with Gasteiger partial charge in [-0.15, -0.1) is 0 Å². The molecule has 2 aromatic carbocycles. The molecule has 144 valence electrons. The summed E-state index contributed by atoms with van der Waals surface area (Å²) in [6.45, 7) is 1.69. The molecule has 0 radical (unpaired) electrons. The van der Waals surface area contributed by atoms with Crippen LogP contribution in [0.2, 0.25) is 0 Å². The predicted octanol–water partition coefficient (Wildman–Crippen LogP) is 1.38. The summed E-state index contributed by atoms with van der Waals surface area (Å²) in [6.07, 6.45) is 0. The van der Waals surface area contributed by atoms with Crippen molar-refractivity contribution < 1.29 is 22.9 Å². The number of nitrogens with one attached hydrogen (secondary N) is 2. The summed E-state index contributed by atoms with van der Waals surface area (Å²) in [6, 6.07) is 11.9. The summed E-state index contributed by atoms with van der Waals surface area (Å²) in [5.41, 5.74) is 0.683. The summed E-state index contributed by atoms with van der Waals surface area (Å²) >= 11 is 0. The molecule has 0 saturated heterocycles. The van der Waals surface area contributed by atoms with Crippen molar-refractivity contribution in [1.29, 1.82) is 0 Å². The maximum Gasteiger partial charge on any atom is 0.270 e. The van der Waals surface area contributed by atoms with E-state index in [1.165, 1.54) is 18.2 Å². The largest absolute Gasteiger partial charge is 0.484 e. The Hall–Kier alpha value is -2.98. The van der Waals surface area contributed by atoms with E-state index in [9.17, 15) is 23.3 Å². The van der Waals surface area contributed by atoms with Gasteiger partial charge in [-0.25, -0.2) is 13.1 Å². The molecular formula is C17H19N3O6S. The number of sulfonamides is 1. The smallest absolute Gasteiger partial charge is 0.270 e. The third-order valence-corrected chi connectivity index (χ3v) is 4.90. The Labute approximate surface area is 156 Å². The Morgan fingerprint density at radius 1 is 1.15 bits per heavy atom. The SMILES string of the molecule is Cc1cccc(OCC(=O)NCCNS(=O)(=O)c2cccc([N+](=O)[O-])c2)c1. The van der Waals surface area contributed by atoms with E-state index in [-0.39, 0.29) is 30.3 Å². The lowest BCUT2D eigenvalue weighted by Crippen LogP contribution is -2.36. The summed E-state index contributed by atoms with van der Waals surface area (Å²) in [5, 5.41) is 13.3. The number of carbonyl (C=O) groups excluding carboxylic acids is 1. The minimum Gasteiger partial charge on any atom is -0.484 e. The number of rotatable bonds is 9. The molecule has 0 bridgehead atoms. The van der Waals surface area contributed by atoms with Gasteiger partial charge in [-0.3, -0.25) is 14.9 Å². The van der Waals surface area contributed by atoms with Crippen LogP contribution in [0.3, 0.4) is 0 Å². The quantitative estimate of drug-likeness (QED) is 0.376. The van der Waals surface area contributed by atoms with Gasteiger partial charge in [-0.05, 0) is 30.7 Å². The first-order valence-electron chi connectivity index (χ1n) is 7.98. The number of aryl methyl sites for hydroxylation is 1. The van der Waals surface area contributed by atoms with Crippen molar-refractivity contribution in [2.24, 2.45) is 0 Å². The van der Waals surface area contributed by atoms with Gasteiger partial charge in [0.05, 0.1) is 9.82 Å². The molecule has 2 aromatic rings. The van der Waals surface area contributed by atoms with Gasteiger partial charge < -0.3 is 10.1 Å². The van der Waals surface area contributed by atoms with Crippen LogP contribution in [0, 0.1) is 17.0 Å². The molecule has 0 aromatic heterocycles. The van der Waals surface area contributed by atoms with Gasteiger partial charge in [-0.1, -0.05) is 18.2 Å². The van der Waals surface area contributed by atoms with Gasteiger partial charge in [0.15, 0.2) is 6.61 Å². The molecule has 0 fully saturated rings. The van der Waals surface area contributed by atoms with Crippen molar-refractivity contribution in [3.63, 3.8) is 0 Å². The number of hydrogen-bond acceptors (Lipinski definition) is 6. The molecule has 0 spiro atoms. The standard InChI is InChI=1S/C17H19N3O6S/c1-13-4-2-6-15(10-13)26-12-17(21)18-8-9-19-27(24,25)16-7-3-5-14(11-16)20(22)23/h2-7,10-11,19H,8-9,12H2,1H3,(H,18,21). The van der Waals surface area contributed by atoms with Crippen LogP contribution < -0.4 is 14.8 Å². The second-order valence-electron chi connectivity index (χ2n) is 5.61. The maximum absolute atomic E-state index is 12.1. The van der Waals surface area contributed by atoms with Gasteiger partial charge >= 0.3 is 0 Å². The number of nitrogens with zero attached hydrogens (tertiary/aromatic N) is 1. The Bertz CT molecular complexity index is 930. The number of nitro benzene ring substituents is 1. The van der Waals surface area contributed by atoms with Gasteiger partial charge in [-0.2, -0.15) is 0 Å². The molecule has 0 unspecified atom stereocenters. The topological polar surface area (TPSA) is 128 Å². The van der Waals surface area contributed by atoms with Gasteiger partial charge in [0.1, 0.15) is 5.75 Å². The summed E-state index contributed by atoms with van der Waals surface area (Å²) < 4.78 is 31.9. The van der Waals surface area contributed by atoms with Crippen LogP contribution in [0.1, 0.15) is 5.56 Å². The molecule has 0 atom stereocenters. The number of ether oxygens (including phenoxy) is 1. The molecule has 2 rings (SSSR count). The molecule has 10 heteroatoms. The van der Waals surface area contributed by atoms with Crippen molar-refractivity contribution in [2.45, 2.75) is 11.8 Å². The molecule has 0 heterocycles. The first-order chi connectivity index (χ1) is 12.8. The Morgan fingerprint density at radius 2 is 1.89 bits per heavy atom. The second kappa shape index (κ2) is 9.10. The van der Waals surface area contributed by atoms with Gasteiger partial charge in [0, 0.05) is 25.2 Å². The molecule has 0 aliphatic heterocycles. The molecular weight excluding hydrogens is 374 g/mol. The van der Waals surface area contributed by atoms with Crippen molar-refractivity contribution in [3.05, 3.63) is 64.2 Å². The molecule has 0 saturated carbocycles. The number of benzene rings is 2. The fraction of sp³-hybridized carbons (Fsp3) is 0.235. The third kappa shape index (κ3) is 6.35. The van der Waals surface area contributed by atoms with E-state index in [0.29, 0.717) is 5.75 Å². The number of carbonyl (C=O) groups is 1. The highest BCUT2D eigenvalue weighted by Gasteiger charge is 2.17. The highest BCUT2D eigenvalue weighted by molar-refractivity contribution is 7.89. The number of amides is 1. The maximum atomic E-state index is 12.1. The number of nitro groups is 1. The van der Waals surface area contributed by atoms with E-state index in [2.05, 4.69) is 10.0 Å². The average Bonchev–Trinajstić information content (AvgIpc) is 2.64. The fourth-order valence-corrected chi connectivity index (χ4v) is 3.21. The minimum absolute atomic E-state index is 0.0458. The first kappa shape index (κ1) is 20.3. The number of hydrogen-bond donors (Lipinski definition) is 2. The molecule has 27 heavy (non-hydrogen) atoms. The van der Waals surface area contributed by atoms with E-state index >= 15 is 0 Å². The van der Waals surface area contributed by atoms with E-state index in [1.54, 1.807) is 12.1 Å². The zero-order valence-corrected chi connectivity index (χ0v) is 15.4. The zero-order valence-electron chi connectivity index (χ0n) is 14.5. The Balaban J connectivity index is 1.77. The van der Waals surface area contributed by atoms with Gasteiger partial charge in [0.25, 0.3) is 11.6 Å². The average molecular weight is 393 g/mol. The highest BCUT2D eigenvalue weighted by atomic mass is 32.2. The van der Waals surface area contributed by atoms with Crippen molar-refractivity contribution >= 4 is 21.6 Å². The fourth-order valence-electron chi connectivity index (χ4n) is 2.14. The molecule has 0 aliphatic carbocycles. The Morgan fingerprint density at radius 3 is 2.59 bits per heavy atom. The van der Waals surface area contributed by atoms with E-state index in [4.69, 9.17) is 4.74 Å². The summed E-state index contributed by atoms with van der Waals surface area (Å²) in [5.74, 6) is 0.169. The molecule has 9 nitrogen and oxygen atoms in total. The van der Waals surface area contributed by atoms with Crippen LogP contribution in [0.25, 0.3) is 0 Å². The zero-order chi connectivity index (χ0) is 19.9. The van der Waals surface area contributed by atoms with E-state index in [0.717, 1.165) is 11.6 Å². The van der Waals surface area contributed by atoms with E-state index in [1.807, 2.05) is 19.1 Å². The van der Waals surface area contributed by atoms with Crippen LogP contribution in [-0.4, -0.2) is 38.9 Å². The lowest BCUT2D eigenvalue weighted by molar-refractivity contribution is -0.385. The normalized spacial score (nSPS) is 11.0. The molecule has 1 amide bonds. The van der Waals surface area contributed by atoms with Crippen LogP contribution >= 0.6 is 0 Å². The predicted molar refractivity (Wildman–Crippen MR) is 98.0 cm³/mol. The first-order valence-corrected chi connectivity index (χ1v) is 9.46. The molecule has 0 aliphatic rings. The second-order valence-corrected chi connectivity index (χ2v) is 7.37. The van der Waals surface area contributed by atoms with Crippen molar-refractivity contribution in [1.82, 2.24) is 10.0 Å². The van der Waals surface area contributed by atoms with E-state index < -0.39 is 20.9 Å². The number of non-ortho nitro benzene ring substituents is 1. The van der Waals surface area contributed by atoms with Crippen molar-refractivity contribution in [3.8, 4) is 5.75 Å². The van der Waals surface area contributed by atoms with Crippen LogP contribution in [0.4, 0.5) is 5.69 Å². The summed E-state index contributed by atoms with van der Waals surface area (Å²) in [4.78, 5) is 21.6.